The monoisotopic (exact) mass is 259 g/mol. The summed E-state index contributed by atoms with van der Waals surface area (Å²) in [6, 6.07) is 5.52. The molecular weight excluding hydrogens is 230 g/mol. The van der Waals surface area contributed by atoms with Crippen LogP contribution in [0.15, 0.2) is 12.1 Å². The lowest BCUT2D eigenvalue weighted by Crippen LogP contribution is -2.29. The van der Waals surface area contributed by atoms with Crippen LogP contribution in [0.2, 0.25) is 0 Å². The molecule has 1 fully saturated rings. The molecule has 0 spiro atoms. The highest BCUT2D eigenvalue weighted by Gasteiger charge is 2.37. The Balaban J connectivity index is 2.20. The van der Waals surface area contributed by atoms with Crippen LogP contribution < -0.4 is 5.32 Å². The summed E-state index contributed by atoms with van der Waals surface area (Å²) in [6.07, 6.45) is 5.16. The van der Waals surface area contributed by atoms with Crippen molar-refractivity contribution in [2.24, 2.45) is 0 Å². The van der Waals surface area contributed by atoms with Crippen LogP contribution in [0.5, 0.6) is 0 Å². The third kappa shape index (κ3) is 3.02. The Morgan fingerprint density at radius 3 is 2.53 bits per heavy atom. The van der Waals surface area contributed by atoms with E-state index < -0.39 is 0 Å². The Bertz CT molecular complexity index is 449. The molecule has 0 aromatic heterocycles. The molecule has 2 unspecified atom stereocenters. The molecule has 106 valence electrons. The molecule has 1 saturated carbocycles. The maximum absolute atomic E-state index is 3.70. The molecule has 0 bridgehead atoms. The van der Waals surface area contributed by atoms with Crippen LogP contribution in [0.3, 0.4) is 0 Å². The van der Waals surface area contributed by atoms with Gasteiger partial charge in [-0.05, 0) is 80.7 Å². The molecule has 0 aliphatic heterocycles. The van der Waals surface area contributed by atoms with Gasteiger partial charge in [-0.2, -0.15) is 0 Å². The van der Waals surface area contributed by atoms with Crippen molar-refractivity contribution in [3.05, 3.63) is 34.4 Å². The van der Waals surface area contributed by atoms with E-state index >= 15 is 0 Å². The summed E-state index contributed by atoms with van der Waals surface area (Å²) < 4.78 is 0. The molecule has 2 rings (SSSR count). The van der Waals surface area contributed by atoms with Gasteiger partial charge in [0.25, 0.3) is 0 Å². The minimum Gasteiger partial charge on any atom is -0.314 e. The summed E-state index contributed by atoms with van der Waals surface area (Å²) in [7, 11) is 0. The quantitative estimate of drug-likeness (QED) is 0.844. The van der Waals surface area contributed by atoms with E-state index in [2.05, 4.69) is 52.1 Å². The van der Waals surface area contributed by atoms with Gasteiger partial charge in [0, 0.05) is 6.04 Å². The first-order valence-electron chi connectivity index (χ1n) is 7.78. The van der Waals surface area contributed by atoms with Gasteiger partial charge in [0.05, 0.1) is 0 Å². The molecule has 0 radical (unpaired) electrons. The summed E-state index contributed by atoms with van der Waals surface area (Å²) >= 11 is 0. The van der Waals surface area contributed by atoms with E-state index in [1.54, 1.807) is 5.56 Å². The summed E-state index contributed by atoms with van der Waals surface area (Å²) in [5.74, 6) is 0. The Morgan fingerprint density at radius 2 is 1.84 bits per heavy atom. The Hall–Kier alpha value is -0.820. The van der Waals surface area contributed by atoms with E-state index in [4.69, 9.17) is 0 Å². The van der Waals surface area contributed by atoms with Crippen molar-refractivity contribution in [3.63, 3.8) is 0 Å². The zero-order valence-electron chi connectivity index (χ0n) is 13.3. The SMILES string of the molecule is CCCNC1CCC(C)(c2cc(C)c(C)cc2C)C1. The second-order valence-electron chi connectivity index (χ2n) is 6.71. The van der Waals surface area contributed by atoms with Crippen LogP contribution in [-0.2, 0) is 5.41 Å². The van der Waals surface area contributed by atoms with E-state index in [-0.39, 0.29) is 0 Å². The number of rotatable bonds is 4. The van der Waals surface area contributed by atoms with Gasteiger partial charge in [-0.3, -0.25) is 0 Å². The van der Waals surface area contributed by atoms with Crippen LogP contribution in [0.4, 0.5) is 0 Å². The number of aryl methyl sites for hydroxylation is 3. The van der Waals surface area contributed by atoms with Crippen molar-refractivity contribution >= 4 is 0 Å². The minimum atomic E-state index is 0.369. The zero-order valence-corrected chi connectivity index (χ0v) is 13.3. The number of hydrogen-bond acceptors (Lipinski definition) is 1. The lowest BCUT2D eigenvalue weighted by atomic mass is 9.77. The molecule has 0 saturated heterocycles. The molecule has 1 aliphatic carbocycles. The maximum Gasteiger partial charge on any atom is 0.00757 e. The van der Waals surface area contributed by atoms with E-state index in [1.165, 1.54) is 42.4 Å². The van der Waals surface area contributed by atoms with Gasteiger partial charge in [-0.15, -0.1) is 0 Å². The minimum absolute atomic E-state index is 0.369. The van der Waals surface area contributed by atoms with Crippen molar-refractivity contribution in [1.82, 2.24) is 5.32 Å². The van der Waals surface area contributed by atoms with Crippen molar-refractivity contribution in [3.8, 4) is 0 Å². The average molecular weight is 259 g/mol. The number of benzene rings is 1. The molecular formula is C18H29N. The fourth-order valence-electron chi connectivity index (χ4n) is 3.62. The fourth-order valence-corrected chi connectivity index (χ4v) is 3.62. The van der Waals surface area contributed by atoms with Gasteiger partial charge >= 0.3 is 0 Å². The van der Waals surface area contributed by atoms with Gasteiger partial charge in [0.15, 0.2) is 0 Å². The average Bonchev–Trinajstić information content (AvgIpc) is 2.74. The van der Waals surface area contributed by atoms with E-state index in [1.807, 2.05) is 0 Å². The van der Waals surface area contributed by atoms with E-state index in [9.17, 15) is 0 Å². The van der Waals surface area contributed by atoms with Gasteiger partial charge in [0.2, 0.25) is 0 Å². The molecule has 1 N–H and O–H groups in total. The van der Waals surface area contributed by atoms with Crippen molar-refractivity contribution in [2.75, 3.05) is 6.54 Å². The first-order valence-corrected chi connectivity index (χ1v) is 7.78. The highest BCUT2D eigenvalue weighted by Crippen LogP contribution is 2.42. The van der Waals surface area contributed by atoms with Gasteiger partial charge in [-0.25, -0.2) is 0 Å². The topological polar surface area (TPSA) is 12.0 Å². The second-order valence-corrected chi connectivity index (χ2v) is 6.71. The van der Waals surface area contributed by atoms with Crippen molar-refractivity contribution < 1.29 is 0 Å². The van der Waals surface area contributed by atoms with Crippen LogP contribution in [-0.4, -0.2) is 12.6 Å². The molecule has 0 heterocycles. The summed E-state index contributed by atoms with van der Waals surface area (Å²) in [5, 5.41) is 3.70. The fraction of sp³-hybridized carbons (Fsp3) is 0.667. The third-order valence-corrected chi connectivity index (χ3v) is 4.92. The van der Waals surface area contributed by atoms with Crippen molar-refractivity contribution in [2.45, 2.75) is 71.8 Å². The highest BCUT2D eigenvalue weighted by molar-refractivity contribution is 5.41. The smallest absolute Gasteiger partial charge is 0.00757 e. The van der Waals surface area contributed by atoms with Crippen LogP contribution >= 0.6 is 0 Å². The Morgan fingerprint density at radius 1 is 1.16 bits per heavy atom. The predicted octanol–water partition coefficient (Wildman–Crippen LogP) is 4.42. The largest absolute Gasteiger partial charge is 0.314 e. The second kappa shape index (κ2) is 5.66. The Kier molecular flexibility index (Phi) is 4.35. The third-order valence-electron chi connectivity index (χ3n) is 4.92. The van der Waals surface area contributed by atoms with Gasteiger partial charge in [-0.1, -0.05) is 26.0 Å². The lowest BCUT2D eigenvalue weighted by Gasteiger charge is -2.28. The van der Waals surface area contributed by atoms with E-state index in [0.717, 1.165) is 6.54 Å². The van der Waals surface area contributed by atoms with Gasteiger partial charge < -0.3 is 5.32 Å². The zero-order chi connectivity index (χ0) is 14.0. The molecule has 1 nitrogen and oxygen atoms in total. The number of hydrogen-bond donors (Lipinski definition) is 1. The van der Waals surface area contributed by atoms with Crippen LogP contribution in [0.1, 0.15) is 61.8 Å². The first-order chi connectivity index (χ1) is 8.96. The summed E-state index contributed by atoms with van der Waals surface area (Å²) in [6.45, 7) is 12.6. The van der Waals surface area contributed by atoms with Crippen LogP contribution in [0.25, 0.3) is 0 Å². The Labute approximate surface area is 118 Å². The number of nitrogens with one attached hydrogen (secondary N) is 1. The maximum atomic E-state index is 3.70. The molecule has 1 aromatic rings. The molecule has 19 heavy (non-hydrogen) atoms. The van der Waals surface area contributed by atoms with Gasteiger partial charge in [0.1, 0.15) is 0 Å². The molecule has 2 atom stereocenters. The summed E-state index contributed by atoms with van der Waals surface area (Å²) in [5.41, 5.74) is 6.28. The highest BCUT2D eigenvalue weighted by atomic mass is 14.9. The van der Waals surface area contributed by atoms with Crippen LogP contribution in [0, 0.1) is 20.8 Å². The molecule has 1 aliphatic rings. The summed E-state index contributed by atoms with van der Waals surface area (Å²) in [4.78, 5) is 0. The first kappa shape index (κ1) is 14.6. The standard InChI is InChI=1S/C18H29N/c1-6-9-19-16-7-8-18(5,12-16)17-11-14(3)13(2)10-15(17)4/h10-11,16,19H,6-9,12H2,1-5H3. The van der Waals surface area contributed by atoms with Crippen molar-refractivity contribution in [1.29, 1.82) is 0 Å². The molecule has 1 heteroatoms. The van der Waals surface area contributed by atoms with E-state index in [0.29, 0.717) is 11.5 Å². The lowest BCUT2D eigenvalue weighted by molar-refractivity contribution is 0.450. The molecule has 0 amide bonds. The normalized spacial score (nSPS) is 26.9. The molecule has 1 aromatic carbocycles. The predicted molar refractivity (Wildman–Crippen MR) is 83.9 cm³/mol.